The Balaban J connectivity index is 2.59. The van der Waals surface area contributed by atoms with E-state index in [4.69, 9.17) is 4.74 Å². The van der Waals surface area contributed by atoms with Gasteiger partial charge in [-0.25, -0.2) is 4.98 Å². The van der Waals surface area contributed by atoms with Gasteiger partial charge < -0.3 is 10.1 Å². The van der Waals surface area contributed by atoms with Crippen LogP contribution >= 0.6 is 0 Å². The van der Waals surface area contributed by atoms with Gasteiger partial charge in [-0.05, 0) is 19.4 Å². The summed E-state index contributed by atoms with van der Waals surface area (Å²) in [7, 11) is 0. The number of rotatable bonds is 6. The van der Waals surface area contributed by atoms with Crippen molar-refractivity contribution in [2.75, 3.05) is 6.54 Å². The number of nitrogens with zero attached hydrogens (tertiary/aromatic N) is 2. The Morgan fingerprint density at radius 1 is 1.31 bits per heavy atom. The zero-order valence-electron chi connectivity index (χ0n) is 10.5. The van der Waals surface area contributed by atoms with E-state index in [-0.39, 0.29) is 6.10 Å². The van der Waals surface area contributed by atoms with Gasteiger partial charge in [0.2, 0.25) is 5.88 Å². The number of hydrogen-bond acceptors (Lipinski definition) is 4. The molecule has 0 radical (unpaired) electrons. The average molecular weight is 223 g/mol. The van der Waals surface area contributed by atoms with Gasteiger partial charge in [-0.1, -0.05) is 20.8 Å². The quantitative estimate of drug-likeness (QED) is 0.801. The van der Waals surface area contributed by atoms with Crippen LogP contribution in [0, 0.1) is 5.92 Å². The van der Waals surface area contributed by atoms with Gasteiger partial charge in [0.05, 0.1) is 18.0 Å². The summed E-state index contributed by atoms with van der Waals surface area (Å²) in [5.41, 5.74) is 0.912. The van der Waals surface area contributed by atoms with Gasteiger partial charge in [0.15, 0.2) is 0 Å². The van der Waals surface area contributed by atoms with Gasteiger partial charge in [-0.15, -0.1) is 0 Å². The Labute approximate surface area is 97.5 Å². The van der Waals surface area contributed by atoms with Crippen molar-refractivity contribution < 1.29 is 4.74 Å². The summed E-state index contributed by atoms with van der Waals surface area (Å²) >= 11 is 0. The molecule has 0 amide bonds. The molecule has 1 aromatic heterocycles. The number of nitrogens with one attached hydrogen (secondary N) is 1. The predicted molar refractivity (Wildman–Crippen MR) is 64.3 cm³/mol. The average Bonchev–Trinajstić information content (AvgIpc) is 2.26. The van der Waals surface area contributed by atoms with Gasteiger partial charge in [0.25, 0.3) is 0 Å². The molecule has 0 saturated heterocycles. The zero-order valence-corrected chi connectivity index (χ0v) is 10.5. The van der Waals surface area contributed by atoms with Crippen molar-refractivity contribution in [3.8, 4) is 5.88 Å². The summed E-state index contributed by atoms with van der Waals surface area (Å²) in [6, 6.07) is 0. The molecule has 0 aliphatic rings. The maximum absolute atomic E-state index is 5.69. The number of ether oxygens (including phenoxy) is 1. The molecule has 1 N–H and O–H groups in total. The second kappa shape index (κ2) is 6.43. The van der Waals surface area contributed by atoms with E-state index in [2.05, 4.69) is 36.1 Å². The Bertz CT molecular complexity index is 315. The third kappa shape index (κ3) is 4.14. The standard InChI is InChI=1S/C12H21N3O/c1-5-13-6-11-7-14-8-12(15-11)16-10(4)9(2)3/h7-10,13H,5-6H2,1-4H3. The second-order valence-electron chi connectivity index (χ2n) is 4.20. The first-order chi connectivity index (χ1) is 7.63. The van der Waals surface area contributed by atoms with Gasteiger partial charge in [0.1, 0.15) is 0 Å². The SMILES string of the molecule is CCNCc1cncc(OC(C)C(C)C)n1. The Hall–Kier alpha value is -1.16. The lowest BCUT2D eigenvalue weighted by Crippen LogP contribution is -2.20. The van der Waals surface area contributed by atoms with Crippen molar-refractivity contribution in [3.05, 3.63) is 18.1 Å². The number of hydrogen-bond donors (Lipinski definition) is 1. The van der Waals surface area contributed by atoms with Crippen LogP contribution in [0.3, 0.4) is 0 Å². The molecular formula is C12H21N3O. The molecule has 1 heterocycles. The van der Waals surface area contributed by atoms with Crippen LogP contribution in [-0.4, -0.2) is 22.6 Å². The van der Waals surface area contributed by atoms with Crippen molar-refractivity contribution in [1.29, 1.82) is 0 Å². The molecule has 1 aromatic rings. The highest BCUT2D eigenvalue weighted by atomic mass is 16.5. The molecule has 0 bridgehead atoms. The maximum atomic E-state index is 5.69. The molecular weight excluding hydrogens is 202 g/mol. The van der Waals surface area contributed by atoms with E-state index in [1.165, 1.54) is 0 Å². The van der Waals surface area contributed by atoms with Crippen LogP contribution in [0.5, 0.6) is 5.88 Å². The molecule has 0 spiro atoms. The summed E-state index contributed by atoms with van der Waals surface area (Å²) in [5, 5.41) is 3.21. The van der Waals surface area contributed by atoms with Crippen LogP contribution in [0.1, 0.15) is 33.4 Å². The fourth-order valence-electron chi connectivity index (χ4n) is 1.11. The molecule has 1 atom stereocenters. The van der Waals surface area contributed by atoms with Gasteiger partial charge >= 0.3 is 0 Å². The first kappa shape index (κ1) is 12.9. The fourth-order valence-corrected chi connectivity index (χ4v) is 1.11. The molecule has 0 fully saturated rings. The van der Waals surface area contributed by atoms with Crippen LogP contribution in [0.25, 0.3) is 0 Å². The minimum atomic E-state index is 0.156. The lowest BCUT2D eigenvalue weighted by atomic mass is 10.1. The van der Waals surface area contributed by atoms with E-state index >= 15 is 0 Å². The third-order valence-corrected chi connectivity index (χ3v) is 2.46. The first-order valence-corrected chi connectivity index (χ1v) is 5.81. The molecule has 1 rings (SSSR count). The largest absolute Gasteiger partial charge is 0.473 e. The minimum Gasteiger partial charge on any atom is -0.473 e. The van der Waals surface area contributed by atoms with E-state index < -0.39 is 0 Å². The van der Waals surface area contributed by atoms with E-state index in [0.29, 0.717) is 11.8 Å². The normalized spacial score (nSPS) is 12.8. The molecule has 1 unspecified atom stereocenters. The van der Waals surface area contributed by atoms with Crippen LogP contribution in [-0.2, 0) is 6.54 Å². The lowest BCUT2D eigenvalue weighted by Gasteiger charge is -2.17. The van der Waals surface area contributed by atoms with Crippen molar-refractivity contribution in [2.24, 2.45) is 5.92 Å². The topological polar surface area (TPSA) is 47.0 Å². The summed E-state index contributed by atoms with van der Waals surface area (Å²) in [4.78, 5) is 8.51. The summed E-state index contributed by atoms with van der Waals surface area (Å²) in [6.45, 7) is 10.0. The lowest BCUT2D eigenvalue weighted by molar-refractivity contribution is 0.162. The van der Waals surface area contributed by atoms with Crippen molar-refractivity contribution >= 4 is 0 Å². The molecule has 0 aromatic carbocycles. The van der Waals surface area contributed by atoms with Crippen molar-refractivity contribution in [2.45, 2.75) is 40.3 Å². The number of aromatic nitrogens is 2. The minimum absolute atomic E-state index is 0.156. The van der Waals surface area contributed by atoms with Gasteiger partial charge in [-0.2, -0.15) is 0 Å². The molecule has 0 aliphatic carbocycles. The van der Waals surface area contributed by atoms with E-state index in [1.807, 2.05) is 6.92 Å². The highest BCUT2D eigenvalue weighted by Crippen LogP contribution is 2.12. The molecule has 4 nitrogen and oxygen atoms in total. The van der Waals surface area contributed by atoms with Gasteiger partial charge in [-0.3, -0.25) is 4.98 Å². The zero-order chi connectivity index (χ0) is 12.0. The van der Waals surface area contributed by atoms with Crippen molar-refractivity contribution in [3.63, 3.8) is 0 Å². The Morgan fingerprint density at radius 2 is 2.06 bits per heavy atom. The molecule has 0 aliphatic heterocycles. The molecule has 90 valence electrons. The molecule has 4 heteroatoms. The van der Waals surface area contributed by atoms with Crippen LogP contribution < -0.4 is 10.1 Å². The summed E-state index contributed by atoms with van der Waals surface area (Å²) in [6.07, 6.45) is 3.58. The predicted octanol–water partition coefficient (Wildman–Crippen LogP) is 2.01. The van der Waals surface area contributed by atoms with Crippen LogP contribution in [0.15, 0.2) is 12.4 Å². The smallest absolute Gasteiger partial charge is 0.232 e. The highest BCUT2D eigenvalue weighted by Gasteiger charge is 2.09. The molecule has 0 saturated carbocycles. The van der Waals surface area contributed by atoms with Crippen LogP contribution in [0.4, 0.5) is 0 Å². The summed E-state index contributed by atoms with van der Waals surface area (Å²) in [5.74, 6) is 1.08. The monoisotopic (exact) mass is 223 g/mol. The second-order valence-corrected chi connectivity index (χ2v) is 4.20. The van der Waals surface area contributed by atoms with Crippen LogP contribution in [0.2, 0.25) is 0 Å². The van der Waals surface area contributed by atoms with E-state index in [9.17, 15) is 0 Å². The Kier molecular flexibility index (Phi) is 5.19. The summed E-state index contributed by atoms with van der Waals surface area (Å²) < 4.78 is 5.69. The molecule has 16 heavy (non-hydrogen) atoms. The van der Waals surface area contributed by atoms with E-state index in [1.54, 1.807) is 12.4 Å². The Morgan fingerprint density at radius 3 is 2.69 bits per heavy atom. The first-order valence-electron chi connectivity index (χ1n) is 5.81. The van der Waals surface area contributed by atoms with E-state index in [0.717, 1.165) is 18.8 Å². The third-order valence-electron chi connectivity index (χ3n) is 2.46. The maximum Gasteiger partial charge on any atom is 0.232 e. The van der Waals surface area contributed by atoms with Crippen molar-refractivity contribution in [1.82, 2.24) is 15.3 Å². The fraction of sp³-hybridized carbons (Fsp3) is 0.667. The highest BCUT2D eigenvalue weighted by molar-refractivity contribution is 5.08. The van der Waals surface area contributed by atoms with Gasteiger partial charge in [0, 0.05) is 12.7 Å².